The minimum absolute atomic E-state index is 0.0194. The predicted molar refractivity (Wildman–Crippen MR) is 254 cm³/mol. The number of carbonyl (C=O) groups excluding carboxylic acids is 5. The molecule has 2 N–H and O–H groups in total. The minimum atomic E-state index is -1.50. The molecule has 6 atom stereocenters. The number of likely N-dealkylation sites (N-methyl/N-ethyl adjacent to an activating group) is 2. The fourth-order valence-corrected chi connectivity index (χ4v) is 10.5. The Morgan fingerprint density at radius 1 is 1.16 bits per heavy atom. The maximum atomic E-state index is 15.3. The average Bonchev–Trinajstić information content (AvgIpc) is 4.03. The van der Waals surface area contributed by atoms with Crippen molar-refractivity contribution in [2.75, 3.05) is 47.4 Å². The van der Waals surface area contributed by atoms with Gasteiger partial charge in [0.05, 0.1) is 47.4 Å². The van der Waals surface area contributed by atoms with E-state index in [0.717, 1.165) is 45.1 Å². The number of cyclic esters (lactones) is 1. The summed E-state index contributed by atoms with van der Waals surface area (Å²) in [6.07, 6.45) is 2.62. The van der Waals surface area contributed by atoms with Crippen molar-refractivity contribution in [2.24, 2.45) is 11.3 Å². The molecule has 7 rings (SSSR count). The number of carbonyl (C=O) groups is 5. The molecule has 3 aliphatic rings. The summed E-state index contributed by atoms with van der Waals surface area (Å²) in [5.41, 5.74) is 9.05. The number of aryl methyl sites for hydroxylation is 1. The second-order valence-corrected chi connectivity index (χ2v) is 19.9. The summed E-state index contributed by atoms with van der Waals surface area (Å²) in [5, 5.41) is 7.89. The van der Waals surface area contributed by atoms with Gasteiger partial charge < -0.3 is 34.1 Å². The molecule has 3 aliphatic heterocycles. The summed E-state index contributed by atoms with van der Waals surface area (Å²) in [6.45, 7) is 16.0. The van der Waals surface area contributed by atoms with Crippen molar-refractivity contribution in [1.82, 2.24) is 45.0 Å². The maximum absolute atomic E-state index is 15.3. The number of methoxy groups -OCH3 is 1. The van der Waals surface area contributed by atoms with Crippen molar-refractivity contribution in [2.45, 2.75) is 110 Å². The van der Waals surface area contributed by atoms with Crippen LogP contribution in [0, 0.1) is 11.3 Å². The number of likely N-dealkylation sites (tertiary alicyclic amines) is 1. The lowest BCUT2D eigenvalue weighted by Crippen LogP contribution is -2.62. The summed E-state index contributed by atoms with van der Waals surface area (Å²) in [7, 11) is 4.61. The maximum Gasteiger partial charge on any atom is 0.324 e. The van der Waals surface area contributed by atoms with Gasteiger partial charge in [-0.2, -0.15) is 0 Å². The number of amides is 5. The Bertz CT molecular complexity index is 2520. The van der Waals surface area contributed by atoms with E-state index in [4.69, 9.17) is 19.4 Å². The van der Waals surface area contributed by atoms with Gasteiger partial charge in [0, 0.05) is 86.3 Å². The van der Waals surface area contributed by atoms with E-state index in [1.165, 1.54) is 45.1 Å². The number of alkyl halides is 1. The molecule has 5 amide bonds. The third-order valence-electron chi connectivity index (χ3n) is 13.3. The van der Waals surface area contributed by atoms with Crippen molar-refractivity contribution in [3.63, 3.8) is 0 Å². The summed E-state index contributed by atoms with van der Waals surface area (Å²) in [6, 6.07) is 5.80. The number of halogens is 1. The van der Waals surface area contributed by atoms with Gasteiger partial charge in [-0.3, -0.25) is 29.2 Å². The Hall–Kier alpha value is -5.72. The monoisotopic (exact) mass is 941 g/mol. The molecule has 360 valence electrons. The van der Waals surface area contributed by atoms with Crippen molar-refractivity contribution in [1.29, 1.82) is 0 Å². The van der Waals surface area contributed by atoms with E-state index >= 15 is 4.39 Å². The second-order valence-electron chi connectivity index (χ2n) is 19.0. The smallest absolute Gasteiger partial charge is 0.324 e. The van der Waals surface area contributed by atoms with Gasteiger partial charge in [-0.1, -0.05) is 40.3 Å². The highest BCUT2D eigenvalue weighted by atomic mass is 32.1. The zero-order valence-corrected chi connectivity index (χ0v) is 40.8. The van der Waals surface area contributed by atoms with Gasteiger partial charge in [0.15, 0.2) is 0 Å². The lowest BCUT2D eigenvalue weighted by atomic mass is 9.84. The van der Waals surface area contributed by atoms with Crippen molar-refractivity contribution in [3.8, 4) is 22.5 Å². The number of esters is 1. The highest BCUT2D eigenvalue weighted by molar-refractivity contribution is 7.10. The molecule has 0 aliphatic carbocycles. The van der Waals surface area contributed by atoms with Crippen molar-refractivity contribution < 1.29 is 37.8 Å². The molecule has 3 aromatic heterocycles. The van der Waals surface area contributed by atoms with Gasteiger partial charge in [0.2, 0.25) is 11.8 Å². The molecule has 0 radical (unpaired) electrons. The van der Waals surface area contributed by atoms with Crippen LogP contribution in [0.25, 0.3) is 33.4 Å². The fourth-order valence-electron chi connectivity index (χ4n) is 9.66. The number of hydrogen-bond donors (Lipinski definition) is 2. The van der Waals surface area contributed by atoms with Crippen LogP contribution in [0.3, 0.4) is 0 Å². The van der Waals surface area contributed by atoms with Crippen LogP contribution >= 0.6 is 11.3 Å². The third-order valence-corrected chi connectivity index (χ3v) is 14.2. The molecule has 4 aromatic rings. The number of rotatable bonds is 10. The Balaban J connectivity index is 1.25. The van der Waals surface area contributed by atoms with Gasteiger partial charge in [0.25, 0.3) is 5.91 Å². The van der Waals surface area contributed by atoms with Gasteiger partial charge in [-0.15, -0.1) is 11.3 Å². The number of pyridine rings is 1. The Labute approximate surface area is 395 Å². The zero-order valence-electron chi connectivity index (χ0n) is 40.0. The molecule has 0 saturated carbocycles. The van der Waals surface area contributed by atoms with Gasteiger partial charge >= 0.3 is 12.0 Å². The SMILES string of the molecule is C=CC(=O)N(C)[C@H]1CN(C(=O)N(C)[C@H](C(=O)N[C@H]2Cc3nc(cs3)-c3ccc4c(c3)c(c(-c3cccnc3[C@H](C)OC)n4CC)CC(C)(C)COC(=O)[C@@H]3CCCN(N3)C2=O)C(C)C)C[C@H]1F. The minimum Gasteiger partial charge on any atom is -0.464 e. The Kier molecular flexibility index (Phi) is 14.9. The van der Waals surface area contributed by atoms with E-state index in [-0.39, 0.29) is 38.8 Å². The third kappa shape index (κ3) is 10.1. The molecule has 2 saturated heterocycles. The standard InChI is InChI=1S/C49H64FN9O7S/c1-11-41(60)55(8)39-25-57(24-34(39)50)48(64)56(9)43(28(3)4)45(61)53-36-22-40-52-37(26-67-40)30-17-18-38-32(21-30)33(44(58(38)12-2)31-15-13-19-51-42(31)29(5)65-10)23-49(6,7)27-66-47(63)35-16-14-20-59(54-35)46(36)62/h11,13,15,17-19,21,26,28-29,34-36,39,43,54H,1,12,14,16,20,22-25,27H2,2-10H3,(H,53,61)/t29-,34+,35-,36-,39-,43-/m0/s1. The molecule has 1 aromatic carbocycles. The van der Waals surface area contributed by atoms with Crippen molar-refractivity contribution in [3.05, 3.63) is 70.8 Å². The Morgan fingerprint density at radius 3 is 2.63 bits per heavy atom. The van der Waals surface area contributed by atoms with E-state index in [0.29, 0.717) is 36.5 Å². The van der Waals surface area contributed by atoms with E-state index in [9.17, 15) is 24.0 Å². The van der Waals surface area contributed by atoms with E-state index < -0.39 is 71.4 Å². The van der Waals surface area contributed by atoms with Crippen LogP contribution < -0.4 is 10.7 Å². The molecule has 67 heavy (non-hydrogen) atoms. The first-order valence-corrected chi connectivity index (χ1v) is 23.9. The van der Waals surface area contributed by atoms with Crippen LogP contribution in [0.15, 0.2) is 54.6 Å². The van der Waals surface area contributed by atoms with Crippen LogP contribution in [-0.2, 0) is 48.0 Å². The van der Waals surface area contributed by atoms with Crippen LogP contribution in [0.4, 0.5) is 9.18 Å². The highest BCUT2D eigenvalue weighted by Crippen LogP contribution is 2.42. The average molecular weight is 942 g/mol. The zero-order chi connectivity index (χ0) is 48.5. The van der Waals surface area contributed by atoms with Crippen LogP contribution in [-0.4, -0.2) is 142 Å². The van der Waals surface area contributed by atoms with Crippen LogP contribution in [0.5, 0.6) is 0 Å². The molecule has 16 nitrogen and oxygen atoms in total. The number of nitrogens with zero attached hydrogens (tertiary/aromatic N) is 7. The molecule has 0 unspecified atom stereocenters. The first kappa shape index (κ1) is 49.2. The summed E-state index contributed by atoms with van der Waals surface area (Å²) >= 11 is 1.37. The lowest BCUT2D eigenvalue weighted by molar-refractivity contribution is -0.155. The van der Waals surface area contributed by atoms with Gasteiger partial charge in [-0.25, -0.2) is 19.6 Å². The number of urea groups is 1. The van der Waals surface area contributed by atoms with Crippen molar-refractivity contribution >= 4 is 52.0 Å². The number of fused-ring (bicyclic) bond motifs is 6. The van der Waals surface area contributed by atoms with Gasteiger partial charge in [-0.05, 0) is 74.9 Å². The molecule has 6 heterocycles. The predicted octanol–water partition coefficient (Wildman–Crippen LogP) is 5.95. The second kappa shape index (κ2) is 20.2. The summed E-state index contributed by atoms with van der Waals surface area (Å²) in [4.78, 5) is 82.9. The van der Waals surface area contributed by atoms with Crippen LogP contribution in [0.2, 0.25) is 0 Å². The number of nitrogens with one attached hydrogen (secondary N) is 2. The number of hydrazine groups is 1. The molecule has 2 fully saturated rings. The van der Waals surface area contributed by atoms with Gasteiger partial charge in [0.1, 0.15) is 24.3 Å². The highest BCUT2D eigenvalue weighted by Gasteiger charge is 2.43. The molecule has 6 bridgehead atoms. The quantitative estimate of drug-likeness (QED) is 0.143. The van der Waals surface area contributed by atoms with E-state index in [1.807, 2.05) is 24.4 Å². The molecule has 18 heteroatoms. The van der Waals surface area contributed by atoms with E-state index in [2.05, 4.69) is 60.9 Å². The summed E-state index contributed by atoms with van der Waals surface area (Å²) in [5.74, 6) is -2.44. The number of hydrogen-bond acceptors (Lipinski definition) is 11. The number of thiazole rings is 1. The number of benzene rings is 1. The van der Waals surface area contributed by atoms with Crippen LogP contribution in [0.1, 0.15) is 76.8 Å². The number of ether oxygens (including phenoxy) is 2. The number of aromatic nitrogens is 3. The Morgan fingerprint density at radius 2 is 1.93 bits per heavy atom. The summed E-state index contributed by atoms with van der Waals surface area (Å²) < 4.78 is 29.5. The van der Waals surface area contributed by atoms with E-state index in [1.54, 1.807) is 27.2 Å². The topological polar surface area (TPSA) is 172 Å². The lowest BCUT2D eigenvalue weighted by Gasteiger charge is -2.37. The largest absolute Gasteiger partial charge is 0.464 e. The molecule has 0 spiro atoms. The first-order chi connectivity index (χ1) is 31.9. The molecular weight excluding hydrogens is 878 g/mol. The first-order valence-electron chi connectivity index (χ1n) is 23.0. The normalized spacial score (nSPS) is 22.0. The molecular formula is C49H64FN9O7S. The fraction of sp³-hybridized carbons (Fsp3) is 0.531.